The Labute approximate surface area is 78.8 Å². The summed E-state index contributed by atoms with van der Waals surface area (Å²) in [5.41, 5.74) is 2.44. The predicted molar refractivity (Wildman–Crippen MR) is 41.9 cm³/mol. The van der Waals surface area contributed by atoms with Gasteiger partial charge in [0.1, 0.15) is 0 Å². The second-order valence-corrected chi connectivity index (χ2v) is 2.26. The Morgan fingerprint density at radius 3 is 2.64 bits per heavy atom. The number of hydrogen-bond acceptors (Lipinski definition) is 0. The fourth-order valence-electron chi connectivity index (χ4n) is 1.06. The van der Waals surface area contributed by atoms with E-state index >= 15 is 0 Å². The van der Waals surface area contributed by atoms with E-state index in [1.54, 1.807) is 0 Å². The topological polar surface area (TPSA) is 0 Å². The average molecular weight is 134 g/mol. The van der Waals surface area contributed by atoms with Gasteiger partial charge in [0.2, 0.25) is 0 Å². The first kappa shape index (κ1) is 8.39. The van der Waals surface area contributed by atoms with Gasteiger partial charge in [-0.1, -0.05) is 12.1 Å². The average Bonchev–Trinajstić information content (AvgIpc) is 2.28. The first-order valence-electron chi connectivity index (χ1n) is 3.32. The molecule has 0 aromatic carbocycles. The zero-order valence-electron chi connectivity index (χ0n) is 6.54. The molecule has 0 amide bonds. The molecule has 0 unspecified atom stereocenters. The zero-order chi connectivity index (χ0) is 6.81. The van der Waals surface area contributed by atoms with Crippen LogP contribution in [0.3, 0.4) is 0 Å². The van der Waals surface area contributed by atoms with E-state index in [9.17, 15) is 0 Å². The molecule has 1 heteroatoms. The van der Waals surface area contributed by atoms with Gasteiger partial charge in [-0.2, -0.15) is 17.7 Å². The summed E-state index contributed by atoms with van der Waals surface area (Å²) >= 11 is 0. The van der Waals surface area contributed by atoms with Crippen LogP contribution in [-0.2, 0) is 0 Å². The van der Waals surface area contributed by atoms with Crippen LogP contribution in [0.15, 0.2) is 42.5 Å². The number of rotatable bonds is 0. The zero-order valence-corrected chi connectivity index (χ0v) is 6.54. The van der Waals surface area contributed by atoms with Gasteiger partial charge in [-0.3, -0.25) is 0 Å². The third-order valence-corrected chi connectivity index (χ3v) is 1.57. The normalized spacial score (nSPS) is 9.09. The van der Waals surface area contributed by atoms with Gasteiger partial charge in [-0.15, -0.1) is 29.8 Å². The summed E-state index contributed by atoms with van der Waals surface area (Å²) in [7, 11) is 0. The Bertz CT molecular complexity index is 276. The van der Waals surface area contributed by atoms with E-state index in [1.807, 2.05) is 24.3 Å². The Kier molecular flexibility index (Phi) is 2.76. The van der Waals surface area contributed by atoms with Crippen molar-refractivity contribution in [3.8, 4) is 11.1 Å². The van der Waals surface area contributed by atoms with E-state index in [0.717, 1.165) is 0 Å². The molecule has 2 rings (SSSR count). The van der Waals surface area contributed by atoms with E-state index in [-0.39, 0.29) is 18.9 Å². The van der Waals surface area contributed by atoms with Gasteiger partial charge in [0.05, 0.1) is 0 Å². The first-order valence-corrected chi connectivity index (χ1v) is 3.32. The van der Waals surface area contributed by atoms with E-state index < -0.39 is 0 Å². The van der Waals surface area contributed by atoms with Crippen LogP contribution in [0.5, 0.6) is 0 Å². The number of fused-ring (bicyclic) bond motifs is 1. The van der Waals surface area contributed by atoms with E-state index in [1.165, 1.54) is 11.1 Å². The molecule has 0 fully saturated rings. The van der Waals surface area contributed by atoms with Crippen molar-refractivity contribution in [3.63, 3.8) is 0 Å². The van der Waals surface area contributed by atoms with Gasteiger partial charge in [0, 0.05) is 0 Å². The van der Waals surface area contributed by atoms with Gasteiger partial charge in [0.15, 0.2) is 0 Å². The Morgan fingerprint density at radius 1 is 0.909 bits per heavy atom. The van der Waals surface area contributed by atoms with Crippen LogP contribution < -0.4 is 18.9 Å². The minimum absolute atomic E-state index is 0. The van der Waals surface area contributed by atoms with Crippen LogP contribution in [0, 0.1) is 6.07 Å². The Hall–Kier alpha value is -0.703. The predicted octanol–water partition coefficient (Wildman–Crippen LogP) is -0.404. The molecule has 0 N–H and O–H groups in total. The minimum Gasteiger partial charge on any atom is -0.168 e. The Balaban J connectivity index is 0.000000605. The van der Waals surface area contributed by atoms with E-state index in [0.29, 0.717) is 0 Å². The summed E-state index contributed by atoms with van der Waals surface area (Å²) in [6.45, 7) is 0. The monoisotopic (exact) mass is 134 g/mol. The van der Waals surface area contributed by atoms with Crippen LogP contribution in [0.1, 0.15) is 0 Å². The minimum atomic E-state index is 0. The molecule has 0 saturated carbocycles. The maximum atomic E-state index is 3.14. The van der Waals surface area contributed by atoms with Crippen LogP contribution >= 0.6 is 0 Å². The third kappa shape index (κ3) is 1.65. The molecule has 2 aliphatic rings. The SMILES string of the molecule is [Li+].[c-]1ccc2cccccc1-2. The van der Waals surface area contributed by atoms with Crippen LogP contribution in [0.25, 0.3) is 11.1 Å². The van der Waals surface area contributed by atoms with Crippen LogP contribution in [0.4, 0.5) is 0 Å². The number of hydrogen-bond donors (Lipinski definition) is 0. The van der Waals surface area contributed by atoms with Crippen molar-refractivity contribution in [3.05, 3.63) is 48.5 Å². The Morgan fingerprint density at radius 2 is 1.73 bits per heavy atom. The molecule has 0 saturated heterocycles. The third-order valence-electron chi connectivity index (χ3n) is 1.57. The summed E-state index contributed by atoms with van der Waals surface area (Å²) in [6.07, 6.45) is 0. The molecule has 0 radical (unpaired) electrons. The van der Waals surface area contributed by atoms with Gasteiger partial charge >= 0.3 is 18.9 Å². The van der Waals surface area contributed by atoms with Gasteiger partial charge < -0.3 is 0 Å². The van der Waals surface area contributed by atoms with Crippen molar-refractivity contribution in [2.75, 3.05) is 0 Å². The van der Waals surface area contributed by atoms with Crippen molar-refractivity contribution in [2.24, 2.45) is 0 Å². The molecule has 0 heterocycles. The molecule has 48 valence electrons. The van der Waals surface area contributed by atoms with E-state index in [4.69, 9.17) is 0 Å². The fourth-order valence-corrected chi connectivity index (χ4v) is 1.06. The molecule has 0 aliphatic heterocycles. The molecule has 0 atom stereocenters. The van der Waals surface area contributed by atoms with Crippen molar-refractivity contribution in [1.29, 1.82) is 0 Å². The molecule has 0 spiro atoms. The molecular weight excluding hydrogens is 127 g/mol. The van der Waals surface area contributed by atoms with Gasteiger partial charge in [-0.25, -0.2) is 0 Å². The van der Waals surface area contributed by atoms with Crippen molar-refractivity contribution in [2.45, 2.75) is 0 Å². The fraction of sp³-hybridized carbons (Fsp3) is 0. The standard InChI is InChI=1S/C10H7.Li/c1-2-5-9-7-4-8-10(9)6-3-1;/h1-7H;/q-1;+1. The van der Waals surface area contributed by atoms with Crippen molar-refractivity contribution < 1.29 is 18.9 Å². The second kappa shape index (κ2) is 3.62. The van der Waals surface area contributed by atoms with Crippen LogP contribution in [-0.4, -0.2) is 0 Å². The molecule has 0 nitrogen and oxygen atoms in total. The summed E-state index contributed by atoms with van der Waals surface area (Å²) in [6, 6.07) is 17.4. The molecule has 11 heavy (non-hydrogen) atoms. The largest absolute Gasteiger partial charge is 1.00 e. The molecule has 0 aromatic rings. The molecule has 2 aliphatic carbocycles. The summed E-state index contributed by atoms with van der Waals surface area (Å²) in [5.74, 6) is 0. The van der Waals surface area contributed by atoms with Crippen molar-refractivity contribution >= 4 is 0 Å². The van der Waals surface area contributed by atoms with Gasteiger partial charge in [0.25, 0.3) is 0 Å². The maximum Gasteiger partial charge on any atom is 1.00 e. The van der Waals surface area contributed by atoms with Crippen molar-refractivity contribution in [1.82, 2.24) is 0 Å². The summed E-state index contributed by atoms with van der Waals surface area (Å²) in [4.78, 5) is 0. The molecule has 0 bridgehead atoms. The molecular formula is C10H7Li. The first-order chi connectivity index (χ1) is 4.97. The maximum absolute atomic E-state index is 3.14. The quantitative estimate of drug-likeness (QED) is 0.339. The van der Waals surface area contributed by atoms with E-state index in [2.05, 4.69) is 24.3 Å². The second-order valence-electron chi connectivity index (χ2n) is 2.26. The molecule has 0 aromatic heterocycles. The smallest absolute Gasteiger partial charge is 0.168 e. The van der Waals surface area contributed by atoms with Crippen LogP contribution in [0.2, 0.25) is 0 Å². The summed E-state index contributed by atoms with van der Waals surface area (Å²) < 4.78 is 0. The van der Waals surface area contributed by atoms with Gasteiger partial charge in [-0.05, 0) is 0 Å². The summed E-state index contributed by atoms with van der Waals surface area (Å²) in [5, 5.41) is 0.